The van der Waals surface area contributed by atoms with E-state index in [1.54, 1.807) is 7.11 Å². The van der Waals surface area contributed by atoms with Crippen LogP contribution in [0.4, 0.5) is 0 Å². The fraction of sp³-hybridized carbons (Fsp3) is 0.600. The minimum atomic E-state index is 0.0921. The summed E-state index contributed by atoms with van der Waals surface area (Å²) in [5, 5.41) is 7.87. The molecule has 0 bridgehead atoms. The number of methoxy groups -OCH3 is 1. The lowest BCUT2D eigenvalue weighted by molar-refractivity contribution is -0.121. The van der Waals surface area contributed by atoms with E-state index in [0.29, 0.717) is 18.9 Å². The van der Waals surface area contributed by atoms with Crippen molar-refractivity contribution in [2.75, 3.05) is 26.7 Å². The Morgan fingerprint density at radius 2 is 1.90 bits per heavy atom. The SMILES string of the molecule is COc1ccccc1C(CNC(=O)CCc1c(C)nn(CC(C)C)c1C)N1CCCC1. The van der Waals surface area contributed by atoms with Crippen LogP contribution in [-0.4, -0.2) is 47.3 Å². The second-order valence-corrected chi connectivity index (χ2v) is 9.03. The van der Waals surface area contributed by atoms with Gasteiger partial charge in [0.2, 0.25) is 5.91 Å². The summed E-state index contributed by atoms with van der Waals surface area (Å²) < 4.78 is 7.69. The zero-order valence-electron chi connectivity index (χ0n) is 19.8. The molecule has 0 spiro atoms. The topological polar surface area (TPSA) is 59.4 Å². The molecule has 0 aliphatic carbocycles. The van der Waals surface area contributed by atoms with E-state index >= 15 is 0 Å². The Bertz CT molecular complexity index is 868. The highest BCUT2D eigenvalue weighted by Gasteiger charge is 2.26. The standard InChI is InChI=1S/C25H38N4O2/c1-18(2)17-29-20(4)21(19(3)27-29)12-13-25(30)26-16-23(28-14-8-9-15-28)22-10-6-7-11-24(22)31-5/h6-7,10-11,18,23H,8-9,12-17H2,1-5H3,(H,26,30). The monoisotopic (exact) mass is 426 g/mol. The van der Waals surface area contributed by atoms with Gasteiger partial charge >= 0.3 is 0 Å². The van der Waals surface area contributed by atoms with E-state index in [1.807, 2.05) is 25.1 Å². The van der Waals surface area contributed by atoms with Crippen LogP contribution in [0.1, 0.15) is 61.7 Å². The molecule has 2 aromatic rings. The molecule has 1 aliphatic rings. The Morgan fingerprint density at radius 3 is 2.58 bits per heavy atom. The zero-order valence-corrected chi connectivity index (χ0v) is 19.8. The van der Waals surface area contributed by atoms with Gasteiger partial charge in [-0.25, -0.2) is 0 Å². The van der Waals surface area contributed by atoms with Crippen molar-refractivity contribution in [3.05, 3.63) is 46.8 Å². The molecule has 2 heterocycles. The second kappa shape index (κ2) is 10.8. The van der Waals surface area contributed by atoms with Gasteiger partial charge in [0.1, 0.15) is 5.75 Å². The van der Waals surface area contributed by atoms with Gasteiger partial charge in [-0.1, -0.05) is 32.0 Å². The maximum atomic E-state index is 12.7. The van der Waals surface area contributed by atoms with Crippen molar-refractivity contribution in [2.45, 2.75) is 66.0 Å². The largest absolute Gasteiger partial charge is 0.496 e. The number of carbonyl (C=O) groups excluding carboxylic acids is 1. The Balaban J connectivity index is 1.62. The molecule has 3 rings (SSSR count). The Morgan fingerprint density at radius 1 is 1.19 bits per heavy atom. The van der Waals surface area contributed by atoms with Crippen molar-refractivity contribution >= 4 is 5.91 Å². The molecule has 1 aromatic heterocycles. The van der Waals surface area contributed by atoms with Gasteiger partial charge in [-0.3, -0.25) is 14.4 Å². The summed E-state index contributed by atoms with van der Waals surface area (Å²) in [6.07, 6.45) is 3.62. The molecule has 1 aromatic carbocycles. The van der Waals surface area contributed by atoms with Crippen molar-refractivity contribution in [1.82, 2.24) is 20.0 Å². The van der Waals surface area contributed by atoms with Crippen molar-refractivity contribution in [1.29, 1.82) is 0 Å². The van der Waals surface area contributed by atoms with Crippen LogP contribution in [0.3, 0.4) is 0 Å². The second-order valence-electron chi connectivity index (χ2n) is 9.03. The maximum absolute atomic E-state index is 12.7. The molecule has 1 atom stereocenters. The molecule has 0 saturated carbocycles. The highest BCUT2D eigenvalue weighted by atomic mass is 16.5. The molecule has 0 radical (unpaired) electrons. The molecule has 6 nitrogen and oxygen atoms in total. The number of amides is 1. The first-order chi connectivity index (χ1) is 14.9. The Hall–Kier alpha value is -2.34. The summed E-state index contributed by atoms with van der Waals surface area (Å²) >= 11 is 0. The van der Waals surface area contributed by atoms with Crippen molar-refractivity contribution in [3.8, 4) is 5.75 Å². The maximum Gasteiger partial charge on any atom is 0.220 e. The normalized spacial score (nSPS) is 15.4. The molecular formula is C25H38N4O2. The van der Waals surface area contributed by atoms with Gasteiger partial charge in [-0.2, -0.15) is 5.10 Å². The van der Waals surface area contributed by atoms with Gasteiger partial charge in [0, 0.05) is 30.8 Å². The lowest BCUT2D eigenvalue weighted by atomic mass is 10.0. The van der Waals surface area contributed by atoms with Crippen LogP contribution in [0, 0.1) is 19.8 Å². The number of likely N-dealkylation sites (tertiary alicyclic amines) is 1. The molecule has 1 N–H and O–H groups in total. The highest BCUT2D eigenvalue weighted by Crippen LogP contribution is 2.31. The van der Waals surface area contributed by atoms with Crippen LogP contribution in [0.25, 0.3) is 0 Å². The summed E-state index contributed by atoms with van der Waals surface area (Å²) in [6, 6.07) is 8.29. The smallest absolute Gasteiger partial charge is 0.220 e. The number of nitrogens with zero attached hydrogens (tertiary/aromatic N) is 3. The first-order valence-electron chi connectivity index (χ1n) is 11.6. The highest BCUT2D eigenvalue weighted by molar-refractivity contribution is 5.76. The summed E-state index contributed by atoms with van der Waals surface area (Å²) in [5.41, 5.74) is 4.57. The third-order valence-corrected chi connectivity index (χ3v) is 6.24. The summed E-state index contributed by atoms with van der Waals surface area (Å²) in [4.78, 5) is 15.2. The van der Waals surface area contributed by atoms with E-state index < -0.39 is 0 Å². The quantitative estimate of drug-likeness (QED) is 0.623. The number of nitrogens with one attached hydrogen (secondary N) is 1. The number of hydrogen-bond acceptors (Lipinski definition) is 4. The molecule has 1 saturated heterocycles. The first-order valence-corrected chi connectivity index (χ1v) is 11.6. The number of aryl methyl sites for hydroxylation is 1. The van der Waals surface area contributed by atoms with Gasteiger partial charge in [-0.15, -0.1) is 0 Å². The third kappa shape index (κ3) is 5.88. The van der Waals surface area contributed by atoms with Crippen molar-refractivity contribution < 1.29 is 9.53 Å². The summed E-state index contributed by atoms with van der Waals surface area (Å²) in [7, 11) is 1.71. The van der Waals surface area contributed by atoms with E-state index in [4.69, 9.17) is 4.74 Å². The predicted octanol–water partition coefficient (Wildman–Crippen LogP) is 4.05. The number of para-hydroxylation sites is 1. The van der Waals surface area contributed by atoms with E-state index in [1.165, 1.54) is 24.1 Å². The number of hydrogen-bond donors (Lipinski definition) is 1. The van der Waals surface area contributed by atoms with Gasteiger partial charge in [0.25, 0.3) is 0 Å². The van der Waals surface area contributed by atoms with Gasteiger partial charge in [-0.05, 0) is 63.7 Å². The van der Waals surface area contributed by atoms with E-state index in [9.17, 15) is 4.79 Å². The first kappa shape index (κ1) is 23.3. The Labute approximate surface area is 187 Å². The number of benzene rings is 1. The van der Waals surface area contributed by atoms with E-state index in [2.05, 4.69) is 46.8 Å². The molecule has 1 amide bonds. The lowest BCUT2D eigenvalue weighted by Crippen LogP contribution is -2.37. The van der Waals surface area contributed by atoms with Crippen LogP contribution in [-0.2, 0) is 17.8 Å². The average molecular weight is 427 g/mol. The van der Waals surface area contributed by atoms with Crippen LogP contribution in [0.15, 0.2) is 24.3 Å². The lowest BCUT2D eigenvalue weighted by Gasteiger charge is -2.29. The summed E-state index contributed by atoms with van der Waals surface area (Å²) in [5.74, 6) is 1.53. The van der Waals surface area contributed by atoms with Gasteiger partial charge in [0.05, 0.1) is 18.8 Å². The number of ether oxygens (including phenoxy) is 1. The van der Waals surface area contributed by atoms with Gasteiger partial charge < -0.3 is 10.1 Å². The fourth-order valence-corrected chi connectivity index (χ4v) is 4.59. The van der Waals surface area contributed by atoms with E-state index in [-0.39, 0.29) is 11.9 Å². The van der Waals surface area contributed by atoms with E-state index in [0.717, 1.165) is 43.1 Å². The van der Waals surface area contributed by atoms with Crippen molar-refractivity contribution in [2.24, 2.45) is 5.92 Å². The average Bonchev–Trinajstić information content (AvgIpc) is 3.36. The third-order valence-electron chi connectivity index (χ3n) is 6.24. The minimum absolute atomic E-state index is 0.0921. The molecule has 1 unspecified atom stereocenters. The Kier molecular flexibility index (Phi) is 8.13. The van der Waals surface area contributed by atoms with Crippen LogP contribution in [0.5, 0.6) is 5.75 Å². The van der Waals surface area contributed by atoms with Crippen LogP contribution < -0.4 is 10.1 Å². The van der Waals surface area contributed by atoms with Crippen molar-refractivity contribution in [3.63, 3.8) is 0 Å². The van der Waals surface area contributed by atoms with Crippen LogP contribution in [0.2, 0.25) is 0 Å². The molecule has 170 valence electrons. The van der Waals surface area contributed by atoms with Crippen LogP contribution >= 0.6 is 0 Å². The number of aromatic nitrogens is 2. The predicted molar refractivity (Wildman–Crippen MR) is 124 cm³/mol. The number of rotatable bonds is 10. The molecular weight excluding hydrogens is 388 g/mol. The molecule has 6 heteroatoms. The van der Waals surface area contributed by atoms with Gasteiger partial charge in [0.15, 0.2) is 0 Å². The molecule has 31 heavy (non-hydrogen) atoms. The summed E-state index contributed by atoms with van der Waals surface area (Å²) in [6.45, 7) is 12.2. The number of carbonyl (C=O) groups is 1. The zero-order chi connectivity index (χ0) is 22.4. The molecule has 1 fully saturated rings. The molecule has 1 aliphatic heterocycles. The fourth-order valence-electron chi connectivity index (χ4n) is 4.59. The minimum Gasteiger partial charge on any atom is -0.496 e.